The van der Waals surface area contributed by atoms with Crippen LogP contribution in [0.4, 0.5) is 0 Å². The summed E-state index contributed by atoms with van der Waals surface area (Å²) in [5.41, 5.74) is 6.39. The molecule has 33 heavy (non-hydrogen) atoms. The van der Waals surface area contributed by atoms with Gasteiger partial charge >= 0.3 is 0 Å². The maximum Gasteiger partial charge on any atom is 0.174 e. The maximum absolute atomic E-state index is 9.09. The fraction of sp³-hybridized carbons (Fsp3) is 0.538. The molecule has 0 amide bonds. The third-order valence-corrected chi connectivity index (χ3v) is 6.34. The van der Waals surface area contributed by atoms with Gasteiger partial charge in [-0.15, -0.1) is 0 Å². The van der Waals surface area contributed by atoms with E-state index in [-0.39, 0.29) is 6.10 Å². The van der Waals surface area contributed by atoms with E-state index >= 15 is 0 Å². The third-order valence-electron chi connectivity index (χ3n) is 6.34. The van der Waals surface area contributed by atoms with Crippen molar-refractivity contribution < 1.29 is 4.74 Å². The highest BCUT2D eigenvalue weighted by Crippen LogP contribution is 2.30. The zero-order chi connectivity index (χ0) is 24.0. The molecule has 1 aliphatic rings. The van der Waals surface area contributed by atoms with Crippen LogP contribution in [0.3, 0.4) is 0 Å². The Bertz CT molecular complexity index is 972. The number of nitrogens with zero attached hydrogens (tertiary/aromatic N) is 5. The van der Waals surface area contributed by atoms with Gasteiger partial charge < -0.3 is 15.1 Å². The van der Waals surface area contributed by atoms with E-state index in [2.05, 4.69) is 72.4 Å². The van der Waals surface area contributed by atoms with E-state index in [1.807, 2.05) is 31.8 Å². The Hall–Kier alpha value is -2.98. The maximum atomic E-state index is 9.09. The van der Waals surface area contributed by atoms with Crippen molar-refractivity contribution in [2.45, 2.75) is 65.6 Å². The zero-order valence-corrected chi connectivity index (χ0v) is 20.9. The summed E-state index contributed by atoms with van der Waals surface area (Å²) in [4.78, 5) is 9.81. The minimum Gasteiger partial charge on any atom is -0.491 e. The number of allylic oxidation sites excluding steroid dienone is 1. The van der Waals surface area contributed by atoms with Gasteiger partial charge in [0, 0.05) is 38.8 Å². The van der Waals surface area contributed by atoms with Crippen molar-refractivity contribution in [3.8, 4) is 11.8 Å². The number of benzene rings is 1. The van der Waals surface area contributed by atoms with Crippen LogP contribution in [0.1, 0.15) is 64.2 Å². The van der Waals surface area contributed by atoms with Gasteiger partial charge in [0.1, 0.15) is 5.75 Å². The van der Waals surface area contributed by atoms with Crippen molar-refractivity contribution in [1.29, 1.82) is 5.26 Å². The minimum absolute atomic E-state index is 0.182. The van der Waals surface area contributed by atoms with Crippen molar-refractivity contribution in [2.24, 2.45) is 0 Å². The molecular formula is C26H38N6O. The first-order chi connectivity index (χ1) is 15.9. The number of hydrogen-bond donors (Lipinski definition) is 1. The van der Waals surface area contributed by atoms with E-state index in [1.54, 1.807) is 0 Å². The largest absolute Gasteiger partial charge is 0.491 e. The van der Waals surface area contributed by atoms with E-state index in [9.17, 15) is 0 Å². The number of rotatable bonds is 9. The number of nitriles is 1. The van der Waals surface area contributed by atoms with Crippen molar-refractivity contribution in [2.75, 3.05) is 32.1 Å². The average Bonchev–Trinajstić information content (AvgIpc) is 3.22. The van der Waals surface area contributed by atoms with Crippen LogP contribution in [0, 0.1) is 11.3 Å². The molecule has 178 valence electrons. The summed E-state index contributed by atoms with van der Waals surface area (Å²) in [5, 5.41) is 9.09. The van der Waals surface area contributed by atoms with E-state index in [0.717, 1.165) is 49.0 Å². The van der Waals surface area contributed by atoms with Crippen LogP contribution in [0.2, 0.25) is 0 Å². The molecule has 7 nitrogen and oxygen atoms in total. The van der Waals surface area contributed by atoms with Crippen molar-refractivity contribution >= 4 is 5.70 Å². The van der Waals surface area contributed by atoms with Gasteiger partial charge in [-0.2, -0.15) is 5.26 Å². The van der Waals surface area contributed by atoms with E-state index in [1.165, 1.54) is 5.56 Å². The summed E-state index contributed by atoms with van der Waals surface area (Å²) in [5.74, 6) is 1.79. The fourth-order valence-electron chi connectivity index (χ4n) is 4.58. The Balaban J connectivity index is 1.75. The van der Waals surface area contributed by atoms with Crippen LogP contribution in [0.5, 0.6) is 5.75 Å². The van der Waals surface area contributed by atoms with Crippen LogP contribution in [-0.2, 0) is 6.42 Å². The molecule has 2 unspecified atom stereocenters. The van der Waals surface area contributed by atoms with Crippen LogP contribution < -0.4 is 10.2 Å². The van der Waals surface area contributed by atoms with Crippen LogP contribution in [-0.4, -0.2) is 58.3 Å². The van der Waals surface area contributed by atoms with Gasteiger partial charge in [0.25, 0.3) is 0 Å². The van der Waals surface area contributed by atoms with Gasteiger partial charge in [-0.1, -0.05) is 25.1 Å². The molecule has 1 aliphatic heterocycles. The lowest BCUT2D eigenvalue weighted by molar-refractivity contribution is 0.0862. The lowest BCUT2D eigenvalue weighted by Gasteiger charge is -2.45. The molecule has 1 aromatic carbocycles. The summed E-state index contributed by atoms with van der Waals surface area (Å²) >= 11 is 0. The number of nitrogens with one attached hydrogen (secondary N) is 1. The summed E-state index contributed by atoms with van der Waals surface area (Å²) in [6.45, 7) is 13.6. The lowest BCUT2D eigenvalue weighted by Crippen LogP contribution is -2.52. The first-order valence-electron chi connectivity index (χ1n) is 12.0. The molecule has 0 radical (unpaired) electrons. The second kappa shape index (κ2) is 11.2. The predicted octanol–water partition coefficient (Wildman–Crippen LogP) is 4.43. The van der Waals surface area contributed by atoms with Gasteiger partial charge in [0.15, 0.2) is 5.82 Å². The van der Waals surface area contributed by atoms with Crippen LogP contribution in [0.15, 0.2) is 36.5 Å². The quantitative estimate of drug-likeness (QED) is 0.610. The Morgan fingerprint density at radius 1 is 1.27 bits per heavy atom. The molecule has 2 heterocycles. The smallest absolute Gasteiger partial charge is 0.174 e. The first-order valence-corrected chi connectivity index (χ1v) is 12.0. The fourth-order valence-corrected chi connectivity index (χ4v) is 4.58. The molecule has 0 saturated carbocycles. The zero-order valence-electron chi connectivity index (χ0n) is 20.9. The molecule has 0 spiro atoms. The Morgan fingerprint density at radius 3 is 2.58 bits per heavy atom. The van der Waals surface area contributed by atoms with Crippen molar-refractivity contribution in [3.05, 3.63) is 53.6 Å². The summed E-state index contributed by atoms with van der Waals surface area (Å²) in [6.07, 6.45) is 5.59. The molecule has 0 bridgehead atoms. The van der Waals surface area contributed by atoms with Gasteiger partial charge in [-0.25, -0.2) is 9.66 Å². The lowest BCUT2D eigenvalue weighted by atomic mass is 10.0. The van der Waals surface area contributed by atoms with E-state index in [0.29, 0.717) is 18.5 Å². The highest BCUT2D eigenvalue weighted by atomic mass is 16.5. The highest BCUT2D eigenvalue weighted by molar-refractivity contribution is 5.59. The summed E-state index contributed by atoms with van der Waals surface area (Å²) < 4.78 is 7.72. The SMILES string of the molecule is C/C=C(\c1nc(CC#N)cn1NC)N1CCN(C(C)c2ccc(OC(C)C)cc2)CC1CC. The van der Waals surface area contributed by atoms with Crippen molar-refractivity contribution in [1.82, 2.24) is 19.5 Å². The molecular weight excluding hydrogens is 412 g/mol. The average molecular weight is 451 g/mol. The molecule has 7 heteroatoms. The Morgan fingerprint density at radius 2 is 2.00 bits per heavy atom. The monoisotopic (exact) mass is 450 g/mol. The third kappa shape index (κ3) is 5.69. The topological polar surface area (TPSA) is 69.4 Å². The minimum atomic E-state index is 0.182. The predicted molar refractivity (Wildman–Crippen MR) is 133 cm³/mol. The van der Waals surface area contributed by atoms with Crippen LogP contribution in [0.25, 0.3) is 5.70 Å². The number of hydrogen-bond acceptors (Lipinski definition) is 6. The molecule has 1 aromatic heterocycles. The standard InChI is InChI=1S/C26H38N6O/c1-7-23-18-30(20(5)21-9-11-24(12-10-21)33-19(3)4)15-16-31(23)25(8-2)26-29-22(13-14-27)17-32(26)28-6/h8-12,17,19-20,23,28H,7,13,15-16,18H2,1-6H3/b25-8+. The van der Waals surface area contributed by atoms with Gasteiger partial charge in [0.05, 0.1) is 36.2 Å². The van der Waals surface area contributed by atoms with Crippen molar-refractivity contribution in [3.63, 3.8) is 0 Å². The molecule has 2 aromatic rings. The normalized spacial score (nSPS) is 18.3. The molecule has 2 atom stereocenters. The number of piperazine rings is 1. The van der Waals surface area contributed by atoms with E-state index < -0.39 is 0 Å². The Kier molecular flexibility index (Phi) is 8.40. The number of aromatic nitrogens is 2. The molecule has 1 saturated heterocycles. The molecule has 0 aliphatic carbocycles. The second-order valence-electron chi connectivity index (χ2n) is 8.82. The number of imidazole rings is 1. The molecule has 3 rings (SSSR count). The first kappa shape index (κ1) is 24.7. The number of ether oxygens (including phenoxy) is 1. The Labute approximate surface area is 198 Å². The molecule has 1 fully saturated rings. The highest BCUT2D eigenvalue weighted by Gasteiger charge is 2.31. The van der Waals surface area contributed by atoms with Gasteiger partial charge in [-0.05, 0) is 51.8 Å². The van der Waals surface area contributed by atoms with Crippen LogP contribution >= 0.6 is 0 Å². The second-order valence-corrected chi connectivity index (χ2v) is 8.82. The van der Waals surface area contributed by atoms with Gasteiger partial charge in [0.2, 0.25) is 0 Å². The molecule has 1 N–H and O–H groups in total. The van der Waals surface area contributed by atoms with E-state index in [4.69, 9.17) is 15.0 Å². The summed E-state index contributed by atoms with van der Waals surface area (Å²) in [7, 11) is 1.88. The summed E-state index contributed by atoms with van der Waals surface area (Å²) in [6, 6.07) is 11.5. The van der Waals surface area contributed by atoms with Gasteiger partial charge in [-0.3, -0.25) is 4.90 Å².